The van der Waals surface area contributed by atoms with Gasteiger partial charge in [-0.2, -0.15) is 0 Å². The number of likely N-dealkylation sites (tertiary alicyclic amines) is 1. The third kappa shape index (κ3) is 4.16. The van der Waals surface area contributed by atoms with E-state index in [4.69, 9.17) is 11.6 Å². The number of rotatable bonds is 3. The first-order valence-electron chi connectivity index (χ1n) is 7.08. The average molecular weight is 332 g/mol. The van der Waals surface area contributed by atoms with Crippen LogP contribution in [0.2, 0.25) is 5.15 Å². The largest absolute Gasteiger partial charge is 0.298 e. The van der Waals surface area contributed by atoms with Crippen molar-refractivity contribution in [3.05, 3.63) is 23.5 Å². The van der Waals surface area contributed by atoms with Gasteiger partial charge >= 0.3 is 0 Å². The van der Waals surface area contributed by atoms with Crippen LogP contribution < -0.4 is 4.72 Å². The Balaban J connectivity index is 2.02. The standard InChI is InChI=1S/C14H22ClN3O2S/c1-14(2,3)18-9-6-11(7-10-18)17-21(19,20)12-5-4-8-16-13(12)15/h4-5,8,11,17H,6-7,9-10H2,1-3H3. The highest BCUT2D eigenvalue weighted by Crippen LogP contribution is 2.23. The molecule has 0 unspecified atom stereocenters. The van der Waals surface area contributed by atoms with Crippen LogP contribution in [0.5, 0.6) is 0 Å². The predicted molar refractivity (Wildman–Crippen MR) is 83.9 cm³/mol. The Kier molecular flexibility index (Phi) is 4.92. The molecule has 1 N–H and O–H groups in total. The maximum atomic E-state index is 12.4. The first-order valence-corrected chi connectivity index (χ1v) is 8.94. The van der Waals surface area contributed by atoms with E-state index in [1.54, 1.807) is 6.07 Å². The molecule has 2 heterocycles. The van der Waals surface area contributed by atoms with Gasteiger partial charge in [0, 0.05) is 30.9 Å². The van der Waals surface area contributed by atoms with Crippen molar-refractivity contribution in [3.8, 4) is 0 Å². The molecule has 0 amide bonds. The normalized spacial score (nSPS) is 18.9. The number of nitrogens with zero attached hydrogens (tertiary/aromatic N) is 2. The van der Waals surface area contributed by atoms with E-state index < -0.39 is 10.0 Å². The molecule has 1 aromatic heterocycles. The Morgan fingerprint density at radius 1 is 1.33 bits per heavy atom. The molecule has 0 saturated carbocycles. The maximum absolute atomic E-state index is 12.4. The zero-order valence-corrected chi connectivity index (χ0v) is 14.2. The van der Waals surface area contributed by atoms with Crippen LogP contribution in [0.25, 0.3) is 0 Å². The van der Waals surface area contributed by atoms with Crippen molar-refractivity contribution in [2.75, 3.05) is 13.1 Å². The van der Waals surface area contributed by atoms with Gasteiger partial charge in [-0.15, -0.1) is 0 Å². The molecule has 0 bridgehead atoms. The fourth-order valence-corrected chi connectivity index (χ4v) is 4.28. The topological polar surface area (TPSA) is 62.3 Å². The lowest BCUT2D eigenvalue weighted by atomic mass is 9.99. The van der Waals surface area contributed by atoms with Crippen molar-refractivity contribution < 1.29 is 8.42 Å². The molecule has 0 spiro atoms. The summed E-state index contributed by atoms with van der Waals surface area (Å²) in [5, 5.41) is 0.0112. The highest BCUT2D eigenvalue weighted by Gasteiger charge is 2.30. The van der Waals surface area contributed by atoms with Crippen LogP contribution in [0.3, 0.4) is 0 Å². The SMILES string of the molecule is CC(C)(C)N1CCC(NS(=O)(=O)c2cccnc2Cl)CC1. The summed E-state index contributed by atoms with van der Waals surface area (Å²) in [5.74, 6) is 0. The van der Waals surface area contributed by atoms with E-state index in [0.29, 0.717) is 0 Å². The van der Waals surface area contributed by atoms with E-state index in [0.717, 1.165) is 25.9 Å². The van der Waals surface area contributed by atoms with Gasteiger partial charge in [0.2, 0.25) is 10.0 Å². The average Bonchev–Trinajstić information content (AvgIpc) is 2.38. The van der Waals surface area contributed by atoms with Crippen molar-refractivity contribution in [2.24, 2.45) is 0 Å². The predicted octanol–water partition coefficient (Wildman–Crippen LogP) is 2.28. The van der Waals surface area contributed by atoms with Crippen LogP contribution in [-0.2, 0) is 10.0 Å². The number of hydrogen-bond acceptors (Lipinski definition) is 4. The lowest BCUT2D eigenvalue weighted by Gasteiger charge is -2.40. The Morgan fingerprint density at radius 3 is 2.48 bits per heavy atom. The van der Waals surface area contributed by atoms with Crippen LogP contribution in [-0.4, -0.2) is 43.0 Å². The monoisotopic (exact) mass is 331 g/mol. The van der Waals surface area contributed by atoms with E-state index in [9.17, 15) is 8.42 Å². The molecule has 0 atom stereocenters. The molecule has 118 valence electrons. The number of aromatic nitrogens is 1. The summed E-state index contributed by atoms with van der Waals surface area (Å²) in [6.45, 7) is 8.29. The fourth-order valence-electron chi connectivity index (χ4n) is 2.52. The molecular formula is C14H22ClN3O2S. The Bertz CT molecular complexity index is 590. The number of piperidine rings is 1. The second-order valence-corrected chi connectivity index (χ2v) is 8.39. The fraction of sp³-hybridized carbons (Fsp3) is 0.643. The van der Waals surface area contributed by atoms with Gasteiger partial charge < -0.3 is 0 Å². The second kappa shape index (κ2) is 6.20. The minimum Gasteiger partial charge on any atom is -0.298 e. The molecular weight excluding hydrogens is 310 g/mol. The van der Waals surface area contributed by atoms with Gasteiger partial charge in [-0.25, -0.2) is 18.1 Å². The highest BCUT2D eigenvalue weighted by atomic mass is 35.5. The van der Waals surface area contributed by atoms with Gasteiger partial charge in [-0.1, -0.05) is 11.6 Å². The van der Waals surface area contributed by atoms with E-state index in [1.807, 2.05) is 0 Å². The van der Waals surface area contributed by atoms with E-state index in [2.05, 4.69) is 35.4 Å². The van der Waals surface area contributed by atoms with Crippen LogP contribution in [0, 0.1) is 0 Å². The number of pyridine rings is 1. The van der Waals surface area contributed by atoms with Gasteiger partial charge in [-0.3, -0.25) is 4.90 Å². The summed E-state index contributed by atoms with van der Waals surface area (Å²) in [5.41, 5.74) is 0.122. The van der Waals surface area contributed by atoms with Crippen LogP contribution in [0.15, 0.2) is 23.2 Å². The van der Waals surface area contributed by atoms with E-state index in [1.165, 1.54) is 12.3 Å². The molecule has 1 saturated heterocycles. The molecule has 5 nitrogen and oxygen atoms in total. The number of halogens is 1. The van der Waals surface area contributed by atoms with Crippen LogP contribution >= 0.6 is 11.6 Å². The van der Waals surface area contributed by atoms with Gasteiger partial charge in [0.15, 0.2) is 0 Å². The minimum atomic E-state index is -3.61. The number of sulfonamides is 1. The molecule has 0 aromatic carbocycles. The molecule has 0 aliphatic carbocycles. The third-order valence-electron chi connectivity index (χ3n) is 3.78. The van der Waals surface area contributed by atoms with Gasteiger partial charge in [0.1, 0.15) is 10.0 Å². The summed E-state index contributed by atoms with van der Waals surface area (Å²) < 4.78 is 27.4. The molecule has 1 fully saturated rings. The Morgan fingerprint density at radius 2 is 1.95 bits per heavy atom. The lowest BCUT2D eigenvalue weighted by Crippen LogP contribution is -2.50. The minimum absolute atomic E-state index is 0.0112. The Labute approximate surface area is 131 Å². The van der Waals surface area contributed by atoms with Gasteiger partial charge in [0.25, 0.3) is 0 Å². The zero-order chi connectivity index (χ0) is 15.7. The van der Waals surface area contributed by atoms with Crippen molar-refractivity contribution in [1.82, 2.24) is 14.6 Å². The first-order chi connectivity index (χ1) is 9.70. The lowest BCUT2D eigenvalue weighted by molar-refractivity contribution is 0.100. The molecule has 7 heteroatoms. The zero-order valence-electron chi connectivity index (χ0n) is 12.6. The highest BCUT2D eigenvalue weighted by molar-refractivity contribution is 7.89. The van der Waals surface area contributed by atoms with E-state index in [-0.39, 0.29) is 21.6 Å². The smallest absolute Gasteiger partial charge is 0.243 e. The number of nitrogens with one attached hydrogen (secondary N) is 1. The van der Waals surface area contributed by atoms with Crippen molar-refractivity contribution in [3.63, 3.8) is 0 Å². The molecule has 1 aliphatic rings. The second-order valence-electron chi connectivity index (χ2n) is 6.35. The van der Waals surface area contributed by atoms with Crippen LogP contribution in [0.4, 0.5) is 0 Å². The first kappa shape index (κ1) is 16.7. The van der Waals surface area contributed by atoms with E-state index >= 15 is 0 Å². The maximum Gasteiger partial charge on any atom is 0.243 e. The number of hydrogen-bond donors (Lipinski definition) is 1. The Hall–Kier alpha value is -0.690. The molecule has 21 heavy (non-hydrogen) atoms. The van der Waals surface area contributed by atoms with Crippen molar-refractivity contribution in [1.29, 1.82) is 0 Å². The summed E-state index contributed by atoms with van der Waals surface area (Å²) in [4.78, 5) is 6.24. The summed E-state index contributed by atoms with van der Waals surface area (Å²) in [6, 6.07) is 3.00. The third-order valence-corrected chi connectivity index (χ3v) is 5.75. The molecule has 2 rings (SSSR count). The summed E-state index contributed by atoms with van der Waals surface area (Å²) in [6.07, 6.45) is 3.08. The van der Waals surface area contributed by atoms with Crippen LogP contribution in [0.1, 0.15) is 33.6 Å². The van der Waals surface area contributed by atoms with Gasteiger partial charge in [-0.05, 0) is 45.7 Å². The molecule has 1 aliphatic heterocycles. The van der Waals surface area contributed by atoms with Crippen molar-refractivity contribution >= 4 is 21.6 Å². The van der Waals surface area contributed by atoms with Crippen molar-refractivity contribution in [2.45, 2.75) is 50.1 Å². The molecule has 0 radical (unpaired) electrons. The summed E-state index contributed by atoms with van der Waals surface area (Å²) >= 11 is 5.87. The quantitative estimate of drug-likeness (QED) is 0.863. The summed E-state index contributed by atoms with van der Waals surface area (Å²) in [7, 11) is -3.61. The van der Waals surface area contributed by atoms with Gasteiger partial charge in [0.05, 0.1) is 0 Å². The molecule has 1 aromatic rings.